The van der Waals surface area contributed by atoms with Crippen LogP contribution in [0.25, 0.3) is 33.1 Å². The standard InChI is InChI=1S/C26H26N4O2/c1-16(2)30(20-5-4-6-20)25(31)19-8-10-22-23(14-19)28-24(15-27-22)18-7-9-21-17(13-18)11-12-29(3)26(21)32/h7-16,20H,4-6H2,1-3H3. The van der Waals surface area contributed by atoms with Crippen molar-refractivity contribution in [2.75, 3.05) is 0 Å². The van der Waals surface area contributed by atoms with E-state index in [0.29, 0.717) is 28.2 Å². The number of carbonyl (C=O) groups is 1. The van der Waals surface area contributed by atoms with Crippen LogP contribution in [0.15, 0.2) is 59.7 Å². The largest absolute Gasteiger partial charge is 0.333 e. The molecule has 0 radical (unpaired) electrons. The number of hydrogen-bond acceptors (Lipinski definition) is 4. The Morgan fingerprint density at radius 3 is 2.62 bits per heavy atom. The van der Waals surface area contributed by atoms with E-state index in [4.69, 9.17) is 4.98 Å². The SMILES string of the molecule is CC(C)N(C(=O)c1ccc2ncc(-c3ccc4c(=O)n(C)ccc4c3)nc2c1)C1CCC1. The molecule has 1 aliphatic carbocycles. The number of nitrogens with zero attached hydrogens (tertiary/aromatic N) is 4. The van der Waals surface area contributed by atoms with E-state index >= 15 is 0 Å². The van der Waals surface area contributed by atoms with E-state index in [-0.39, 0.29) is 17.5 Å². The van der Waals surface area contributed by atoms with Crippen LogP contribution in [0, 0.1) is 0 Å². The predicted octanol–water partition coefficient (Wildman–Crippen LogP) is 4.55. The van der Waals surface area contributed by atoms with Gasteiger partial charge in [0.2, 0.25) is 0 Å². The van der Waals surface area contributed by atoms with Crippen molar-refractivity contribution in [2.24, 2.45) is 7.05 Å². The van der Waals surface area contributed by atoms with Crippen LogP contribution in [0.4, 0.5) is 0 Å². The molecule has 0 unspecified atom stereocenters. The molecule has 1 fully saturated rings. The summed E-state index contributed by atoms with van der Waals surface area (Å²) in [6.45, 7) is 4.14. The fraction of sp³-hybridized carbons (Fsp3) is 0.308. The molecule has 0 saturated heterocycles. The molecule has 2 heterocycles. The summed E-state index contributed by atoms with van der Waals surface area (Å²) in [5, 5.41) is 1.54. The summed E-state index contributed by atoms with van der Waals surface area (Å²) in [5.74, 6) is 0.0559. The molecule has 2 aromatic carbocycles. The summed E-state index contributed by atoms with van der Waals surface area (Å²) < 4.78 is 1.57. The Morgan fingerprint density at radius 1 is 1.09 bits per heavy atom. The third-order valence-electron chi connectivity index (χ3n) is 6.42. The number of amides is 1. The lowest BCUT2D eigenvalue weighted by Crippen LogP contribution is -2.48. The number of rotatable bonds is 4. The van der Waals surface area contributed by atoms with Gasteiger partial charge in [-0.3, -0.25) is 14.6 Å². The quantitative estimate of drug-likeness (QED) is 0.480. The molecule has 0 bridgehead atoms. The zero-order valence-corrected chi connectivity index (χ0v) is 18.6. The number of benzene rings is 2. The van der Waals surface area contributed by atoms with Crippen molar-refractivity contribution < 1.29 is 4.79 Å². The summed E-state index contributed by atoms with van der Waals surface area (Å²) >= 11 is 0. The maximum Gasteiger partial charge on any atom is 0.258 e. The molecule has 1 aliphatic rings. The van der Waals surface area contributed by atoms with Gasteiger partial charge in [-0.25, -0.2) is 4.98 Å². The first-order valence-corrected chi connectivity index (χ1v) is 11.1. The number of fused-ring (bicyclic) bond motifs is 2. The zero-order chi connectivity index (χ0) is 22.4. The lowest BCUT2D eigenvalue weighted by molar-refractivity contribution is 0.0489. The summed E-state index contributed by atoms with van der Waals surface area (Å²) in [4.78, 5) is 37.0. The minimum atomic E-state index is -0.0250. The third-order valence-corrected chi connectivity index (χ3v) is 6.42. The second kappa shape index (κ2) is 7.86. The van der Waals surface area contributed by atoms with E-state index in [0.717, 1.165) is 29.3 Å². The van der Waals surface area contributed by atoms with E-state index in [1.54, 1.807) is 24.0 Å². The summed E-state index contributed by atoms with van der Waals surface area (Å²) in [6, 6.07) is 13.7. The normalized spacial score (nSPS) is 14.1. The van der Waals surface area contributed by atoms with Crippen LogP contribution in [-0.2, 0) is 7.05 Å². The van der Waals surface area contributed by atoms with Gasteiger partial charge in [-0.05, 0) is 74.9 Å². The first kappa shape index (κ1) is 20.4. The Balaban J connectivity index is 1.53. The zero-order valence-electron chi connectivity index (χ0n) is 18.6. The maximum absolute atomic E-state index is 13.3. The minimum absolute atomic E-state index is 0.0250. The lowest BCUT2D eigenvalue weighted by Gasteiger charge is -2.40. The van der Waals surface area contributed by atoms with Crippen LogP contribution >= 0.6 is 0 Å². The molecule has 162 valence electrons. The fourth-order valence-electron chi connectivity index (χ4n) is 4.42. The summed E-state index contributed by atoms with van der Waals surface area (Å²) in [5.41, 5.74) is 3.66. The van der Waals surface area contributed by atoms with Gasteiger partial charge >= 0.3 is 0 Å². The summed E-state index contributed by atoms with van der Waals surface area (Å²) in [7, 11) is 1.74. The Bertz CT molecular complexity index is 1400. The van der Waals surface area contributed by atoms with Crippen LogP contribution in [0.5, 0.6) is 0 Å². The molecular formula is C26H26N4O2. The van der Waals surface area contributed by atoms with Crippen LogP contribution in [0.1, 0.15) is 43.5 Å². The van der Waals surface area contributed by atoms with Gasteiger partial charge in [-0.2, -0.15) is 0 Å². The molecule has 6 heteroatoms. The van der Waals surface area contributed by atoms with Crippen LogP contribution in [0.2, 0.25) is 0 Å². The van der Waals surface area contributed by atoms with E-state index in [9.17, 15) is 9.59 Å². The Hall–Kier alpha value is -3.54. The highest BCUT2D eigenvalue weighted by atomic mass is 16.2. The fourth-order valence-corrected chi connectivity index (χ4v) is 4.42. The van der Waals surface area contributed by atoms with Gasteiger partial charge in [0.15, 0.2) is 0 Å². The first-order chi connectivity index (χ1) is 15.4. The van der Waals surface area contributed by atoms with Crippen molar-refractivity contribution in [3.63, 3.8) is 0 Å². The monoisotopic (exact) mass is 426 g/mol. The van der Waals surface area contributed by atoms with Gasteiger partial charge in [-0.1, -0.05) is 6.07 Å². The third kappa shape index (κ3) is 3.45. The van der Waals surface area contributed by atoms with Gasteiger partial charge in [-0.15, -0.1) is 0 Å². The van der Waals surface area contributed by atoms with E-state index in [1.807, 2.05) is 47.4 Å². The van der Waals surface area contributed by atoms with Crippen LogP contribution in [-0.4, -0.2) is 37.4 Å². The Labute approximate surface area is 186 Å². The average molecular weight is 427 g/mol. The highest BCUT2D eigenvalue weighted by Gasteiger charge is 2.31. The second-order valence-corrected chi connectivity index (χ2v) is 8.88. The van der Waals surface area contributed by atoms with Crippen LogP contribution < -0.4 is 5.56 Å². The van der Waals surface area contributed by atoms with E-state index in [2.05, 4.69) is 18.8 Å². The molecule has 1 saturated carbocycles. The lowest BCUT2D eigenvalue weighted by atomic mass is 9.90. The molecule has 0 N–H and O–H groups in total. The number of hydrogen-bond donors (Lipinski definition) is 0. The van der Waals surface area contributed by atoms with E-state index in [1.165, 1.54) is 6.42 Å². The Morgan fingerprint density at radius 2 is 1.91 bits per heavy atom. The highest BCUT2D eigenvalue weighted by Crippen LogP contribution is 2.29. The van der Waals surface area contributed by atoms with Gasteiger partial charge in [0.25, 0.3) is 11.5 Å². The van der Waals surface area contributed by atoms with Crippen molar-refractivity contribution in [1.82, 2.24) is 19.4 Å². The molecule has 0 spiro atoms. The molecular weight excluding hydrogens is 400 g/mol. The molecule has 0 aliphatic heterocycles. The van der Waals surface area contributed by atoms with Crippen molar-refractivity contribution >= 4 is 27.7 Å². The van der Waals surface area contributed by atoms with Crippen molar-refractivity contribution in [2.45, 2.75) is 45.2 Å². The number of carbonyl (C=O) groups excluding carboxylic acids is 1. The van der Waals surface area contributed by atoms with Crippen molar-refractivity contribution in [3.8, 4) is 11.3 Å². The topological polar surface area (TPSA) is 68.1 Å². The average Bonchev–Trinajstić information content (AvgIpc) is 2.77. The number of aromatic nitrogens is 3. The summed E-state index contributed by atoms with van der Waals surface area (Å²) in [6.07, 6.45) is 6.84. The molecule has 5 rings (SSSR count). The number of aryl methyl sites for hydroxylation is 1. The molecule has 0 atom stereocenters. The number of pyridine rings is 1. The van der Waals surface area contributed by atoms with Crippen molar-refractivity contribution in [1.29, 1.82) is 0 Å². The molecule has 1 amide bonds. The van der Waals surface area contributed by atoms with Gasteiger partial charge in [0, 0.05) is 41.8 Å². The molecule has 32 heavy (non-hydrogen) atoms. The molecule has 6 nitrogen and oxygen atoms in total. The molecule has 2 aromatic heterocycles. The minimum Gasteiger partial charge on any atom is -0.333 e. The van der Waals surface area contributed by atoms with Gasteiger partial charge in [0.05, 0.1) is 22.9 Å². The van der Waals surface area contributed by atoms with Crippen LogP contribution in [0.3, 0.4) is 0 Å². The smallest absolute Gasteiger partial charge is 0.258 e. The van der Waals surface area contributed by atoms with Gasteiger partial charge in [0.1, 0.15) is 0 Å². The van der Waals surface area contributed by atoms with E-state index < -0.39 is 0 Å². The highest BCUT2D eigenvalue weighted by molar-refractivity contribution is 5.98. The Kier molecular flexibility index (Phi) is 5.00. The van der Waals surface area contributed by atoms with Crippen molar-refractivity contribution in [3.05, 3.63) is 70.8 Å². The first-order valence-electron chi connectivity index (χ1n) is 11.1. The maximum atomic E-state index is 13.3. The molecule has 4 aromatic rings. The second-order valence-electron chi connectivity index (χ2n) is 8.88. The van der Waals surface area contributed by atoms with Gasteiger partial charge < -0.3 is 9.47 Å². The predicted molar refractivity (Wildman–Crippen MR) is 127 cm³/mol.